The standard InChI is InChI=1S/C9H8N2O2S/c12-9(8-2-1-3-13-8)11-5-7-4-10-6-14-7/h1-4,6H,5H2,(H,11,12). The maximum atomic E-state index is 11.4. The number of nitrogens with zero attached hydrogens (tertiary/aromatic N) is 1. The Morgan fingerprint density at radius 1 is 1.64 bits per heavy atom. The molecular formula is C9H8N2O2S. The summed E-state index contributed by atoms with van der Waals surface area (Å²) in [5, 5.41) is 2.73. The minimum atomic E-state index is -0.205. The topological polar surface area (TPSA) is 55.1 Å². The Kier molecular flexibility index (Phi) is 2.60. The van der Waals surface area contributed by atoms with E-state index in [1.54, 1.807) is 23.8 Å². The van der Waals surface area contributed by atoms with Crippen molar-refractivity contribution >= 4 is 17.2 Å². The molecule has 0 radical (unpaired) electrons. The summed E-state index contributed by atoms with van der Waals surface area (Å²) in [5.41, 5.74) is 1.73. The fourth-order valence-corrected chi connectivity index (χ4v) is 1.53. The monoisotopic (exact) mass is 208 g/mol. The zero-order valence-corrected chi connectivity index (χ0v) is 8.08. The van der Waals surface area contributed by atoms with Crippen LogP contribution in [-0.4, -0.2) is 10.9 Å². The predicted molar refractivity (Wildman–Crippen MR) is 52.0 cm³/mol. The number of hydrogen-bond acceptors (Lipinski definition) is 4. The fraction of sp³-hybridized carbons (Fsp3) is 0.111. The van der Waals surface area contributed by atoms with Crippen LogP contribution in [0, 0.1) is 0 Å². The van der Waals surface area contributed by atoms with Gasteiger partial charge < -0.3 is 9.73 Å². The largest absolute Gasteiger partial charge is 0.459 e. The summed E-state index contributed by atoms with van der Waals surface area (Å²) in [4.78, 5) is 16.3. The average molecular weight is 208 g/mol. The van der Waals surface area contributed by atoms with E-state index in [0.717, 1.165) is 4.88 Å². The molecule has 0 aliphatic carbocycles. The molecule has 1 N–H and O–H groups in total. The molecule has 14 heavy (non-hydrogen) atoms. The summed E-state index contributed by atoms with van der Waals surface area (Å²) in [5.74, 6) is 0.123. The first-order valence-corrected chi connectivity index (χ1v) is 4.93. The molecule has 0 aliphatic heterocycles. The summed E-state index contributed by atoms with van der Waals surface area (Å²) in [6, 6.07) is 3.31. The Morgan fingerprint density at radius 2 is 2.57 bits per heavy atom. The van der Waals surface area contributed by atoms with E-state index in [1.807, 2.05) is 0 Å². The first-order chi connectivity index (χ1) is 6.86. The summed E-state index contributed by atoms with van der Waals surface area (Å²) < 4.78 is 4.94. The van der Waals surface area contributed by atoms with E-state index < -0.39 is 0 Å². The molecule has 2 rings (SSSR count). The maximum Gasteiger partial charge on any atom is 0.287 e. The number of nitrogens with one attached hydrogen (secondary N) is 1. The van der Waals surface area contributed by atoms with E-state index in [1.165, 1.54) is 17.6 Å². The Balaban J connectivity index is 1.90. The second-order valence-corrected chi connectivity index (χ2v) is 3.60. The molecule has 0 aromatic carbocycles. The highest BCUT2D eigenvalue weighted by molar-refractivity contribution is 7.09. The van der Waals surface area contributed by atoms with Crippen LogP contribution in [0.3, 0.4) is 0 Å². The van der Waals surface area contributed by atoms with Crippen molar-refractivity contribution in [2.24, 2.45) is 0 Å². The molecule has 0 saturated carbocycles. The Bertz CT molecular complexity index is 394. The van der Waals surface area contributed by atoms with Crippen LogP contribution in [-0.2, 0) is 6.54 Å². The molecular weight excluding hydrogens is 200 g/mol. The highest BCUT2D eigenvalue weighted by Gasteiger charge is 2.07. The van der Waals surface area contributed by atoms with E-state index in [9.17, 15) is 4.79 Å². The van der Waals surface area contributed by atoms with Crippen molar-refractivity contribution in [3.8, 4) is 0 Å². The van der Waals surface area contributed by atoms with Crippen LogP contribution in [0.25, 0.3) is 0 Å². The van der Waals surface area contributed by atoms with Crippen molar-refractivity contribution in [2.75, 3.05) is 0 Å². The third kappa shape index (κ3) is 2.00. The minimum absolute atomic E-state index is 0.205. The summed E-state index contributed by atoms with van der Waals surface area (Å²) in [7, 11) is 0. The first kappa shape index (κ1) is 8.96. The van der Waals surface area contributed by atoms with Gasteiger partial charge in [0.05, 0.1) is 18.3 Å². The summed E-state index contributed by atoms with van der Waals surface area (Å²) >= 11 is 1.51. The number of aromatic nitrogens is 1. The van der Waals surface area contributed by atoms with Crippen LogP contribution in [0.4, 0.5) is 0 Å². The molecule has 0 unspecified atom stereocenters. The average Bonchev–Trinajstić information content (AvgIpc) is 2.87. The molecule has 4 nitrogen and oxygen atoms in total. The van der Waals surface area contributed by atoms with E-state index in [-0.39, 0.29) is 5.91 Å². The van der Waals surface area contributed by atoms with E-state index in [4.69, 9.17) is 4.42 Å². The minimum Gasteiger partial charge on any atom is -0.459 e. The highest BCUT2D eigenvalue weighted by atomic mass is 32.1. The van der Waals surface area contributed by atoms with Gasteiger partial charge in [-0.15, -0.1) is 11.3 Å². The second kappa shape index (κ2) is 4.06. The third-order valence-electron chi connectivity index (χ3n) is 1.65. The smallest absolute Gasteiger partial charge is 0.287 e. The Labute approximate surface area is 84.6 Å². The molecule has 5 heteroatoms. The van der Waals surface area contributed by atoms with Gasteiger partial charge in [-0.3, -0.25) is 9.78 Å². The molecule has 1 amide bonds. The van der Waals surface area contributed by atoms with E-state index in [2.05, 4.69) is 10.3 Å². The van der Waals surface area contributed by atoms with Crippen molar-refractivity contribution in [1.29, 1.82) is 0 Å². The van der Waals surface area contributed by atoms with Crippen LogP contribution < -0.4 is 5.32 Å². The second-order valence-electron chi connectivity index (χ2n) is 2.63. The van der Waals surface area contributed by atoms with Crippen molar-refractivity contribution in [1.82, 2.24) is 10.3 Å². The van der Waals surface area contributed by atoms with Gasteiger partial charge in [0.2, 0.25) is 0 Å². The quantitative estimate of drug-likeness (QED) is 0.834. The number of furan rings is 1. The fourth-order valence-electron chi connectivity index (χ4n) is 0.992. The number of hydrogen-bond donors (Lipinski definition) is 1. The van der Waals surface area contributed by atoms with Crippen molar-refractivity contribution in [3.63, 3.8) is 0 Å². The Hall–Kier alpha value is -1.62. The SMILES string of the molecule is O=C(NCc1cncs1)c1ccco1. The van der Waals surface area contributed by atoms with E-state index >= 15 is 0 Å². The zero-order valence-electron chi connectivity index (χ0n) is 7.27. The molecule has 2 heterocycles. The van der Waals surface area contributed by atoms with Crippen molar-refractivity contribution in [2.45, 2.75) is 6.54 Å². The predicted octanol–water partition coefficient (Wildman–Crippen LogP) is 1.67. The Morgan fingerprint density at radius 3 is 3.21 bits per heavy atom. The van der Waals surface area contributed by atoms with Gasteiger partial charge in [-0.1, -0.05) is 0 Å². The van der Waals surface area contributed by atoms with Crippen LogP contribution in [0.5, 0.6) is 0 Å². The lowest BCUT2D eigenvalue weighted by atomic mass is 10.4. The van der Waals surface area contributed by atoms with Crippen LogP contribution in [0.2, 0.25) is 0 Å². The lowest BCUT2D eigenvalue weighted by molar-refractivity contribution is 0.0923. The number of amides is 1. The number of carbonyl (C=O) groups excluding carboxylic acids is 1. The molecule has 72 valence electrons. The van der Waals surface area contributed by atoms with Crippen LogP contribution in [0.1, 0.15) is 15.4 Å². The number of rotatable bonds is 3. The van der Waals surface area contributed by atoms with Gasteiger partial charge in [0.15, 0.2) is 5.76 Å². The number of thiazole rings is 1. The van der Waals surface area contributed by atoms with Crippen LogP contribution >= 0.6 is 11.3 Å². The van der Waals surface area contributed by atoms with Gasteiger partial charge in [-0.25, -0.2) is 0 Å². The van der Waals surface area contributed by atoms with Gasteiger partial charge >= 0.3 is 0 Å². The molecule has 0 bridgehead atoms. The van der Waals surface area contributed by atoms with Crippen molar-refractivity contribution in [3.05, 3.63) is 40.7 Å². The molecule has 2 aromatic rings. The summed E-state index contributed by atoms with van der Waals surface area (Å²) in [6.45, 7) is 0.490. The lowest BCUT2D eigenvalue weighted by Crippen LogP contribution is -2.21. The molecule has 2 aromatic heterocycles. The lowest BCUT2D eigenvalue weighted by Gasteiger charge is -1.99. The normalized spacial score (nSPS) is 10.0. The van der Waals surface area contributed by atoms with Gasteiger partial charge in [0.25, 0.3) is 5.91 Å². The zero-order chi connectivity index (χ0) is 9.80. The number of carbonyl (C=O) groups is 1. The highest BCUT2D eigenvalue weighted by Crippen LogP contribution is 2.05. The van der Waals surface area contributed by atoms with Gasteiger partial charge in [0.1, 0.15) is 0 Å². The molecule has 0 spiro atoms. The van der Waals surface area contributed by atoms with Gasteiger partial charge in [-0.05, 0) is 12.1 Å². The summed E-state index contributed by atoms with van der Waals surface area (Å²) in [6.07, 6.45) is 3.20. The third-order valence-corrected chi connectivity index (χ3v) is 2.43. The van der Waals surface area contributed by atoms with Crippen molar-refractivity contribution < 1.29 is 9.21 Å². The van der Waals surface area contributed by atoms with Crippen LogP contribution in [0.15, 0.2) is 34.5 Å². The van der Waals surface area contributed by atoms with Gasteiger partial charge in [-0.2, -0.15) is 0 Å². The molecule has 0 aliphatic rings. The van der Waals surface area contributed by atoms with E-state index in [0.29, 0.717) is 12.3 Å². The molecule has 0 fully saturated rings. The van der Waals surface area contributed by atoms with Gasteiger partial charge in [0, 0.05) is 11.1 Å². The first-order valence-electron chi connectivity index (χ1n) is 4.05. The maximum absolute atomic E-state index is 11.4. The molecule has 0 saturated heterocycles. The molecule has 0 atom stereocenters.